The van der Waals surface area contributed by atoms with Crippen molar-refractivity contribution in [3.05, 3.63) is 101 Å². The molecule has 0 aliphatic carbocycles. The van der Waals surface area contributed by atoms with E-state index in [0.29, 0.717) is 29.9 Å². The molecule has 0 radical (unpaired) electrons. The van der Waals surface area contributed by atoms with E-state index in [0.717, 1.165) is 45.7 Å². The summed E-state index contributed by atoms with van der Waals surface area (Å²) in [6, 6.07) is 23.0. The number of ether oxygens (including phenoxy) is 2. The lowest BCUT2D eigenvalue weighted by Gasteiger charge is -2.12. The van der Waals surface area contributed by atoms with Crippen molar-refractivity contribution in [2.45, 2.75) is 43.4 Å². The predicted molar refractivity (Wildman–Crippen MR) is 170 cm³/mol. The van der Waals surface area contributed by atoms with Crippen LogP contribution in [0.15, 0.2) is 88.7 Å². The molecule has 4 aromatic carbocycles. The molecular formula is C35H34N2O5S. The number of benzene rings is 4. The van der Waals surface area contributed by atoms with Gasteiger partial charge in [-0.15, -0.1) is 0 Å². The maximum atomic E-state index is 13.0. The normalized spacial score (nSPS) is 11.2. The second-order valence-corrected chi connectivity index (χ2v) is 12.1. The summed E-state index contributed by atoms with van der Waals surface area (Å²) in [4.78, 5) is 20.8. The number of carbonyl (C=O) groups is 1. The van der Waals surface area contributed by atoms with Gasteiger partial charge in [0, 0.05) is 13.4 Å². The Kier molecular flexibility index (Phi) is 8.65. The number of hydrogen-bond donors (Lipinski definition) is 1. The molecule has 0 spiro atoms. The van der Waals surface area contributed by atoms with Gasteiger partial charge in [0.15, 0.2) is 0 Å². The first-order valence-corrected chi connectivity index (χ1v) is 15.4. The topological polar surface area (TPSA) is 98.4 Å². The zero-order valence-electron chi connectivity index (χ0n) is 24.5. The minimum atomic E-state index is -3.74. The summed E-state index contributed by atoms with van der Waals surface area (Å²) in [5.41, 5.74) is 6.15. The van der Waals surface area contributed by atoms with Crippen molar-refractivity contribution < 1.29 is 24.1 Å². The van der Waals surface area contributed by atoms with Crippen molar-refractivity contribution in [1.29, 1.82) is 0 Å². The summed E-state index contributed by atoms with van der Waals surface area (Å²) in [6.45, 7) is 6.07. The lowest BCUT2D eigenvalue weighted by atomic mass is 10.0. The Morgan fingerprint density at radius 2 is 1.65 bits per heavy atom. The molecule has 0 aliphatic rings. The van der Waals surface area contributed by atoms with E-state index in [1.165, 1.54) is 37.4 Å². The Balaban J connectivity index is 0.00000442. The van der Waals surface area contributed by atoms with Crippen LogP contribution in [0.1, 0.15) is 42.1 Å². The zero-order valence-corrected chi connectivity index (χ0v) is 25.3. The van der Waals surface area contributed by atoms with Crippen LogP contribution in [0.3, 0.4) is 0 Å². The van der Waals surface area contributed by atoms with E-state index in [1.807, 2.05) is 25.1 Å². The third-order valence-electron chi connectivity index (χ3n) is 7.18. The van der Waals surface area contributed by atoms with Gasteiger partial charge in [0.05, 0.1) is 34.5 Å². The number of H-pyrrole nitrogens is 1. The Morgan fingerprint density at radius 3 is 2.37 bits per heavy atom. The first kappa shape index (κ1) is 29.6. The Bertz CT molecular complexity index is 1990. The summed E-state index contributed by atoms with van der Waals surface area (Å²) in [7, 11) is -2.22. The van der Waals surface area contributed by atoms with Gasteiger partial charge in [-0.05, 0) is 115 Å². The number of rotatable bonds is 9. The number of hydrogen-bond acceptors (Lipinski definition) is 6. The molecule has 220 valence electrons. The molecule has 43 heavy (non-hydrogen) atoms. The van der Waals surface area contributed by atoms with Gasteiger partial charge in [-0.3, -0.25) is 4.79 Å². The summed E-state index contributed by atoms with van der Waals surface area (Å²) in [6.07, 6.45) is 1.18. The minimum Gasteiger partial charge on any atom is -0.497 e. The summed E-state index contributed by atoms with van der Waals surface area (Å²) in [5.74, 6) is 7.44. The number of Topliss-reactive ketones (excluding diaryl/α,β-unsaturated/α-hetero) is 1. The number of nitrogens with zero attached hydrogens (tertiary/aromatic N) is 1. The lowest BCUT2D eigenvalue weighted by Crippen LogP contribution is -2.05. The summed E-state index contributed by atoms with van der Waals surface area (Å²) in [5, 5.41) is 0. The average molecular weight is 595 g/mol. The standard InChI is InChI=1S/C35H32N2O5S.H2/c1-5-25-21-26(27-9-17-32-33(22-27)37-24(3)36-32)10-18-35(25)42-19-7-6-8-34(38)31-16-15-30(20-23(31)2)43(39,40)29-13-11-28(41-4)12-14-29;/h9-18,20-22H,5,7,19H2,1-4H3,(H,36,37);1H. The summed E-state index contributed by atoms with van der Waals surface area (Å²) < 4.78 is 37.2. The maximum Gasteiger partial charge on any atom is 0.236 e. The first-order chi connectivity index (χ1) is 20.7. The van der Waals surface area contributed by atoms with Crippen molar-refractivity contribution in [2.75, 3.05) is 13.7 Å². The number of aromatic amines is 1. The van der Waals surface area contributed by atoms with E-state index < -0.39 is 9.84 Å². The predicted octanol–water partition coefficient (Wildman–Crippen LogP) is 7.15. The molecule has 5 rings (SSSR count). The molecule has 1 N–H and O–H groups in total. The van der Waals surface area contributed by atoms with E-state index in [-0.39, 0.29) is 17.0 Å². The van der Waals surface area contributed by atoms with Crippen LogP contribution >= 0.6 is 0 Å². The van der Waals surface area contributed by atoms with Gasteiger partial charge in [0.25, 0.3) is 0 Å². The van der Waals surface area contributed by atoms with E-state index in [9.17, 15) is 13.2 Å². The highest BCUT2D eigenvalue weighted by molar-refractivity contribution is 7.91. The average Bonchev–Trinajstić information content (AvgIpc) is 3.40. The SMILES string of the molecule is CCc1cc(-c2ccc3nc(C)[nH]c3c2)ccc1OCCC#CC(=O)c1ccc(S(=O)(=O)c2ccc(OC)cc2)cc1C.[HH]. The van der Waals surface area contributed by atoms with Crippen LogP contribution in [0.25, 0.3) is 22.2 Å². The Morgan fingerprint density at radius 1 is 0.930 bits per heavy atom. The fourth-order valence-electron chi connectivity index (χ4n) is 4.86. The molecule has 0 amide bonds. The molecular weight excluding hydrogens is 560 g/mol. The van der Waals surface area contributed by atoms with Crippen LogP contribution in [0.5, 0.6) is 11.5 Å². The van der Waals surface area contributed by atoms with E-state index >= 15 is 0 Å². The molecule has 0 atom stereocenters. The second-order valence-electron chi connectivity index (χ2n) is 10.1. The number of carbonyl (C=O) groups excluding carboxylic acids is 1. The smallest absolute Gasteiger partial charge is 0.236 e. The molecule has 5 aromatic rings. The highest BCUT2D eigenvalue weighted by atomic mass is 32.2. The number of nitrogens with one attached hydrogen (secondary N) is 1. The van der Waals surface area contributed by atoms with E-state index in [2.05, 4.69) is 46.9 Å². The van der Waals surface area contributed by atoms with Gasteiger partial charge in [-0.2, -0.15) is 0 Å². The van der Waals surface area contributed by atoms with Crippen LogP contribution in [0.4, 0.5) is 0 Å². The lowest BCUT2D eigenvalue weighted by molar-refractivity contribution is 0.105. The molecule has 0 bridgehead atoms. The maximum absolute atomic E-state index is 13.0. The van der Waals surface area contributed by atoms with Gasteiger partial charge in [0.1, 0.15) is 17.3 Å². The second kappa shape index (κ2) is 12.6. The van der Waals surface area contributed by atoms with Gasteiger partial charge in [-0.1, -0.05) is 25.0 Å². The first-order valence-electron chi connectivity index (χ1n) is 13.9. The largest absolute Gasteiger partial charge is 0.497 e. The number of aryl methyl sites for hydroxylation is 3. The third kappa shape index (κ3) is 6.47. The third-order valence-corrected chi connectivity index (χ3v) is 8.95. The monoisotopic (exact) mass is 594 g/mol. The molecule has 0 saturated carbocycles. The molecule has 0 saturated heterocycles. The Hall–Kier alpha value is -4.87. The van der Waals surface area contributed by atoms with Crippen LogP contribution < -0.4 is 9.47 Å². The summed E-state index contributed by atoms with van der Waals surface area (Å²) >= 11 is 0. The fourth-order valence-corrected chi connectivity index (χ4v) is 6.21. The number of imidazole rings is 1. The van der Waals surface area contributed by atoms with Crippen molar-refractivity contribution in [3.63, 3.8) is 0 Å². The minimum absolute atomic E-state index is 0. The molecule has 1 aromatic heterocycles. The van der Waals surface area contributed by atoms with Gasteiger partial charge >= 0.3 is 0 Å². The highest BCUT2D eigenvalue weighted by Gasteiger charge is 2.19. The van der Waals surface area contributed by atoms with Crippen molar-refractivity contribution in [2.24, 2.45) is 0 Å². The zero-order chi connectivity index (χ0) is 30.6. The van der Waals surface area contributed by atoms with Crippen LogP contribution in [-0.4, -0.2) is 37.9 Å². The molecule has 7 nitrogen and oxygen atoms in total. The number of fused-ring (bicyclic) bond motifs is 1. The van der Waals surface area contributed by atoms with Crippen LogP contribution in [-0.2, 0) is 16.3 Å². The number of methoxy groups -OCH3 is 1. The Labute approximate surface area is 253 Å². The fraction of sp³-hybridized carbons (Fsp3) is 0.200. The quantitative estimate of drug-likeness (QED) is 0.0842. The number of aromatic nitrogens is 2. The van der Waals surface area contributed by atoms with Gasteiger partial charge in [0.2, 0.25) is 15.6 Å². The van der Waals surface area contributed by atoms with E-state index in [4.69, 9.17) is 9.47 Å². The highest BCUT2D eigenvalue weighted by Crippen LogP contribution is 2.29. The van der Waals surface area contributed by atoms with Crippen molar-refractivity contribution in [1.82, 2.24) is 9.97 Å². The number of ketones is 1. The van der Waals surface area contributed by atoms with Crippen molar-refractivity contribution >= 4 is 26.7 Å². The van der Waals surface area contributed by atoms with Gasteiger partial charge in [-0.25, -0.2) is 13.4 Å². The van der Waals surface area contributed by atoms with Crippen molar-refractivity contribution in [3.8, 4) is 34.5 Å². The molecule has 0 aliphatic heterocycles. The molecule has 0 unspecified atom stereocenters. The van der Waals surface area contributed by atoms with Crippen LogP contribution in [0.2, 0.25) is 0 Å². The molecule has 0 fully saturated rings. The molecule has 8 heteroatoms. The van der Waals surface area contributed by atoms with E-state index in [1.54, 1.807) is 19.1 Å². The van der Waals surface area contributed by atoms with Gasteiger partial charge < -0.3 is 14.5 Å². The van der Waals surface area contributed by atoms with Crippen LogP contribution in [0, 0.1) is 25.7 Å². The number of sulfone groups is 1. The molecule has 1 heterocycles.